The molecular formula is C16H15N5O2. The average Bonchev–Trinajstić information content (AvgIpc) is 2.98. The number of hydrogen-bond donors (Lipinski definition) is 1. The fourth-order valence-corrected chi connectivity index (χ4v) is 2.64. The minimum Gasteiger partial charge on any atom is -0.461 e. The Labute approximate surface area is 132 Å². The van der Waals surface area contributed by atoms with Crippen LogP contribution >= 0.6 is 0 Å². The molecule has 0 aromatic carbocycles. The van der Waals surface area contributed by atoms with Crippen molar-refractivity contribution in [3.05, 3.63) is 48.1 Å². The lowest BCUT2D eigenvalue weighted by Crippen LogP contribution is -2.31. The van der Waals surface area contributed by atoms with Crippen LogP contribution in [-0.4, -0.2) is 25.7 Å². The molecule has 3 aromatic rings. The van der Waals surface area contributed by atoms with E-state index in [9.17, 15) is 4.79 Å². The van der Waals surface area contributed by atoms with Gasteiger partial charge in [-0.15, -0.1) is 5.10 Å². The van der Waals surface area contributed by atoms with Crippen LogP contribution in [0.15, 0.2) is 41.0 Å². The fraction of sp³-hybridized carbons (Fsp3) is 0.250. The molecule has 3 aromatic heterocycles. The molecule has 1 saturated carbocycles. The number of pyridine rings is 1. The lowest BCUT2D eigenvalue weighted by Gasteiger charge is -2.11. The Morgan fingerprint density at radius 1 is 1.26 bits per heavy atom. The first-order valence-corrected chi connectivity index (χ1v) is 7.35. The Kier molecular flexibility index (Phi) is 2.84. The van der Waals surface area contributed by atoms with Crippen LogP contribution in [0.5, 0.6) is 0 Å². The number of aryl methyl sites for hydroxylation is 1. The largest absolute Gasteiger partial charge is 0.461 e. The minimum atomic E-state index is -0.761. The van der Waals surface area contributed by atoms with Crippen LogP contribution in [0.4, 0.5) is 0 Å². The number of nitrogens with two attached hydrogens (primary N) is 1. The number of nitrogens with zero attached hydrogens (tertiary/aromatic N) is 4. The molecule has 2 N–H and O–H groups in total. The van der Waals surface area contributed by atoms with Gasteiger partial charge in [-0.1, -0.05) is 6.07 Å². The first kappa shape index (κ1) is 13.7. The molecular weight excluding hydrogens is 294 g/mol. The molecule has 7 nitrogen and oxygen atoms in total. The van der Waals surface area contributed by atoms with Crippen molar-refractivity contribution >= 4 is 5.91 Å². The van der Waals surface area contributed by atoms with Gasteiger partial charge in [0.15, 0.2) is 17.4 Å². The number of carbonyl (C=O) groups is 1. The number of rotatable bonds is 4. The summed E-state index contributed by atoms with van der Waals surface area (Å²) in [5.74, 6) is 1.70. The molecule has 0 bridgehead atoms. The summed E-state index contributed by atoms with van der Waals surface area (Å²) in [7, 11) is 0. The van der Waals surface area contributed by atoms with Crippen molar-refractivity contribution in [1.29, 1.82) is 0 Å². The van der Waals surface area contributed by atoms with Gasteiger partial charge in [-0.25, -0.2) is 9.97 Å². The first-order chi connectivity index (χ1) is 11.1. The number of hydrogen-bond acceptors (Lipinski definition) is 5. The van der Waals surface area contributed by atoms with E-state index < -0.39 is 5.41 Å². The highest BCUT2D eigenvalue weighted by Gasteiger charge is 2.54. The molecule has 0 saturated heterocycles. The molecule has 7 heteroatoms. The highest BCUT2D eigenvalue weighted by Crippen LogP contribution is 2.47. The van der Waals surface area contributed by atoms with Crippen LogP contribution in [0.3, 0.4) is 0 Å². The molecule has 0 unspecified atom stereocenters. The van der Waals surface area contributed by atoms with Gasteiger partial charge in [0.25, 0.3) is 0 Å². The van der Waals surface area contributed by atoms with E-state index >= 15 is 0 Å². The van der Waals surface area contributed by atoms with Gasteiger partial charge in [0.1, 0.15) is 5.41 Å². The molecule has 3 heterocycles. The zero-order chi connectivity index (χ0) is 16.0. The van der Waals surface area contributed by atoms with Gasteiger partial charge in [0, 0.05) is 5.69 Å². The van der Waals surface area contributed by atoms with Crippen molar-refractivity contribution in [3.8, 4) is 17.4 Å². The van der Waals surface area contributed by atoms with Crippen molar-refractivity contribution in [1.82, 2.24) is 19.7 Å². The summed E-state index contributed by atoms with van der Waals surface area (Å²) in [5, 5.41) is 4.49. The minimum absolute atomic E-state index is 0.384. The Balaban J connectivity index is 1.91. The number of carbonyl (C=O) groups excluding carboxylic acids is 1. The maximum Gasteiger partial charge on any atom is 0.231 e. The maximum absolute atomic E-state index is 11.9. The van der Waals surface area contributed by atoms with Gasteiger partial charge in [-0.3, -0.25) is 4.79 Å². The van der Waals surface area contributed by atoms with Crippen molar-refractivity contribution in [2.45, 2.75) is 25.2 Å². The molecule has 0 radical (unpaired) electrons. The second kappa shape index (κ2) is 4.77. The summed E-state index contributed by atoms with van der Waals surface area (Å²) in [4.78, 5) is 20.9. The highest BCUT2D eigenvalue weighted by atomic mass is 16.3. The van der Waals surface area contributed by atoms with E-state index in [1.807, 2.05) is 25.1 Å². The van der Waals surface area contributed by atoms with Gasteiger partial charge in [0.2, 0.25) is 11.7 Å². The maximum atomic E-state index is 11.9. The quantitative estimate of drug-likeness (QED) is 0.791. The number of furan rings is 1. The molecule has 0 aliphatic heterocycles. The number of aromatic nitrogens is 4. The lowest BCUT2D eigenvalue weighted by atomic mass is 10.1. The highest BCUT2D eigenvalue weighted by molar-refractivity contribution is 5.89. The zero-order valence-corrected chi connectivity index (χ0v) is 12.6. The van der Waals surface area contributed by atoms with E-state index in [4.69, 9.17) is 10.2 Å². The first-order valence-electron chi connectivity index (χ1n) is 7.35. The molecule has 23 heavy (non-hydrogen) atoms. The summed E-state index contributed by atoms with van der Waals surface area (Å²) in [6.07, 6.45) is 2.90. The van der Waals surface area contributed by atoms with Gasteiger partial charge in [0.05, 0.1) is 6.26 Å². The van der Waals surface area contributed by atoms with Crippen LogP contribution in [-0.2, 0) is 10.2 Å². The van der Waals surface area contributed by atoms with E-state index in [1.54, 1.807) is 23.1 Å². The van der Waals surface area contributed by atoms with Crippen LogP contribution in [0.1, 0.15) is 24.4 Å². The summed E-state index contributed by atoms with van der Waals surface area (Å²) in [6, 6.07) is 9.15. The number of amides is 1. The monoisotopic (exact) mass is 309 g/mol. The molecule has 1 amide bonds. The average molecular weight is 309 g/mol. The molecule has 116 valence electrons. The van der Waals surface area contributed by atoms with Crippen LogP contribution < -0.4 is 5.73 Å². The van der Waals surface area contributed by atoms with Crippen LogP contribution in [0.25, 0.3) is 17.4 Å². The van der Waals surface area contributed by atoms with E-state index in [2.05, 4.69) is 15.1 Å². The Bertz CT molecular complexity index is 878. The molecule has 1 aliphatic carbocycles. The van der Waals surface area contributed by atoms with Gasteiger partial charge in [-0.05, 0) is 44.0 Å². The van der Waals surface area contributed by atoms with E-state index in [0.717, 1.165) is 5.69 Å². The lowest BCUT2D eigenvalue weighted by molar-refractivity contribution is -0.120. The fourth-order valence-electron chi connectivity index (χ4n) is 2.64. The molecule has 0 atom stereocenters. The Morgan fingerprint density at radius 2 is 2.09 bits per heavy atom. The Morgan fingerprint density at radius 3 is 2.70 bits per heavy atom. The second-order valence-electron chi connectivity index (χ2n) is 5.73. The third kappa shape index (κ3) is 2.12. The van der Waals surface area contributed by atoms with Gasteiger partial charge >= 0.3 is 0 Å². The molecule has 0 spiro atoms. The second-order valence-corrected chi connectivity index (χ2v) is 5.73. The topological polar surface area (TPSA) is 99.8 Å². The molecule has 1 fully saturated rings. The third-order valence-corrected chi connectivity index (χ3v) is 4.09. The van der Waals surface area contributed by atoms with Crippen molar-refractivity contribution in [3.63, 3.8) is 0 Å². The zero-order valence-electron chi connectivity index (χ0n) is 12.6. The van der Waals surface area contributed by atoms with E-state index in [-0.39, 0.29) is 5.91 Å². The van der Waals surface area contributed by atoms with E-state index in [0.29, 0.717) is 36.1 Å². The van der Waals surface area contributed by atoms with Crippen LogP contribution in [0.2, 0.25) is 0 Å². The van der Waals surface area contributed by atoms with Gasteiger partial charge < -0.3 is 10.2 Å². The van der Waals surface area contributed by atoms with Crippen molar-refractivity contribution in [2.24, 2.45) is 5.73 Å². The predicted octanol–water partition coefficient (Wildman–Crippen LogP) is 1.75. The van der Waals surface area contributed by atoms with Gasteiger partial charge in [-0.2, -0.15) is 4.68 Å². The summed E-state index contributed by atoms with van der Waals surface area (Å²) in [5.41, 5.74) is 5.70. The predicted molar refractivity (Wildman–Crippen MR) is 81.7 cm³/mol. The van der Waals surface area contributed by atoms with E-state index in [1.165, 1.54) is 0 Å². The molecule has 4 rings (SSSR count). The van der Waals surface area contributed by atoms with Crippen molar-refractivity contribution < 1.29 is 9.21 Å². The summed E-state index contributed by atoms with van der Waals surface area (Å²) >= 11 is 0. The normalized spacial score (nSPS) is 15.5. The Hall–Kier alpha value is -2.96. The SMILES string of the molecule is Cc1cccc(-n2nc(-c3ccco3)nc2C2(C(N)=O)CC2)n1. The number of primary amides is 1. The van der Waals surface area contributed by atoms with Crippen LogP contribution in [0, 0.1) is 6.92 Å². The van der Waals surface area contributed by atoms with Crippen molar-refractivity contribution in [2.75, 3.05) is 0 Å². The summed E-state index contributed by atoms with van der Waals surface area (Å²) in [6.45, 7) is 1.90. The standard InChI is InChI=1S/C16H15N5O2/c1-10-4-2-6-12(18-10)21-15(16(7-8-16)14(17)22)19-13(20-21)11-5-3-9-23-11/h2-6,9H,7-8H2,1H3,(H2,17,22). The molecule has 1 aliphatic rings. The third-order valence-electron chi connectivity index (χ3n) is 4.09. The smallest absolute Gasteiger partial charge is 0.231 e. The summed E-state index contributed by atoms with van der Waals surface area (Å²) < 4.78 is 6.97.